The van der Waals surface area contributed by atoms with Gasteiger partial charge in [-0.05, 0) is 12.1 Å². The molecule has 1 heterocycles. The third-order valence-electron chi connectivity index (χ3n) is 1.62. The van der Waals surface area contributed by atoms with Crippen LogP contribution in [0.1, 0.15) is 10.4 Å². The molecule has 0 aliphatic heterocycles. The van der Waals surface area contributed by atoms with E-state index in [1.54, 1.807) is 18.3 Å². The van der Waals surface area contributed by atoms with Gasteiger partial charge in [-0.2, -0.15) is 0 Å². The summed E-state index contributed by atoms with van der Waals surface area (Å²) in [5.41, 5.74) is 0.496. The highest BCUT2D eigenvalue weighted by molar-refractivity contribution is 8.00. The van der Waals surface area contributed by atoms with E-state index in [0.29, 0.717) is 16.3 Å². The number of rotatable bonds is 5. The minimum absolute atomic E-state index is 0.0898. The molecule has 4 nitrogen and oxygen atoms in total. The van der Waals surface area contributed by atoms with Crippen LogP contribution in [0, 0.1) is 0 Å². The van der Waals surface area contributed by atoms with Crippen molar-refractivity contribution in [3.05, 3.63) is 23.9 Å². The van der Waals surface area contributed by atoms with Gasteiger partial charge in [0.1, 0.15) is 14.9 Å². The number of pyridine rings is 1. The van der Waals surface area contributed by atoms with Gasteiger partial charge in [-0.3, -0.25) is 4.79 Å². The molecule has 0 fully saturated rings. The first-order valence-corrected chi connectivity index (χ1v) is 7.28. The molecule has 0 saturated heterocycles. The van der Waals surface area contributed by atoms with Gasteiger partial charge in [-0.15, -0.1) is 11.8 Å². The lowest BCUT2D eigenvalue weighted by molar-refractivity contribution is 0.112. The summed E-state index contributed by atoms with van der Waals surface area (Å²) in [6.45, 7) is 0. The minimum Gasteiger partial charge on any atom is -0.298 e. The van der Waals surface area contributed by atoms with Crippen LogP contribution < -0.4 is 0 Å². The summed E-state index contributed by atoms with van der Waals surface area (Å²) in [7, 11) is -2.95. The molecule has 0 aliphatic carbocycles. The Labute approximate surface area is 93.0 Å². The lowest BCUT2D eigenvalue weighted by Gasteiger charge is -2.01. The van der Waals surface area contributed by atoms with Crippen LogP contribution in [0.3, 0.4) is 0 Å². The second-order valence-electron chi connectivity index (χ2n) is 2.99. The number of hydrogen-bond acceptors (Lipinski definition) is 5. The van der Waals surface area contributed by atoms with E-state index in [0.717, 1.165) is 6.29 Å². The highest BCUT2D eigenvalue weighted by Gasteiger charge is 2.06. The molecular weight excluding hydrogens is 234 g/mol. The minimum atomic E-state index is -2.95. The SMILES string of the molecule is CS(=O)(=O)CCSc1ncccc1C=O. The summed E-state index contributed by atoms with van der Waals surface area (Å²) in [5.74, 6) is 0.503. The molecule has 15 heavy (non-hydrogen) atoms. The van der Waals surface area contributed by atoms with Crippen LogP contribution in [-0.4, -0.2) is 37.4 Å². The molecule has 6 heteroatoms. The molecule has 0 N–H and O–H groups in total. The van der Waals surface area contributed by atoms with E-state index in [1.165, 1.54) is 18.0 Å². The van der Waals surface area contributed by atoms with Gasteiger partial charge < -0.3 is 0 Å². The summed E-state index contributed by atoms with van der Waals surface area (Å²) in [4.78, 5) is 14.6. The molecule has 82 valence electrons. The van der Waals surface area contributed by atoms with Crippen molar-refractivity contribution in [2.24, 2.45) is 0 Å². The maximum atomic E-state index is 10.9. The van der Waals surface area contributed by atoms with Crippen LogP contribution in [0.4, 0.5) is 0 Å². The number of aldehydes is 1. The summed E-state index contributed by atoms with van der Waals surface area (Å²) >= 11 is 1.28. The van der Waals surface area contributed by atoms with Gasteiger partial charge in [0.25, 0.3) is 0 Å². The average Bonchev–Trinajstić information content (AvgIpc) is 2.16. The van der Waals surface area contributed by atoms with Crippen LogP contribution in [0.5, 0.6) is 0 Å². The van der Waals surface area contributed by atoms with Crippen molar-refractivity contribution in [1.82, 2.24) is 4.98 Å². The van der Waals surface area contributed by atoms with E-state index in [-0.39, 0.29) is 5.75 Å². The zero-order valence-electron chi connectivity index (χ0n) is 8.21. The molecule has 0 saturated carbocycles. The molecule has 0 unspecified atom stereocenters. The fourth-order valence-corrected chi connectivity index (χ4v) is 3.06. The van der Waals surface area contributed by atoms with Crippen molar-refractivity contribution < 1.29 is 13.2 Å². The van der Waals surface area contributed by atoms with Crippen LogP contribution in [0.25, 0.3) is 0 Å². The second-order valence-corrected chi connectivity index (χ2v) is 6.34. The van der Waals surface area contributed by atoms with Gasteiger partial charge in [0.15, 0.2) is 6.29 Å². The predicted octanol–water partition coefficient (Wildman–Crippen LogP) is 1.03. The number of carbonyl (C=O) groups excluding carboxylic acids is 1. The Morgan fingerprint density at radius 1 is 1.53 bits per heavy atom. The molecule has 0 bridgehead atoms. The molecule has 1 aromatic heterocycles. The summed E-state index contributed by atoms with van der Waals surface area (Å²) in [5, 5.41) is 0.580. The molecule has 1 aromatic rings. The number of thioether (sulfide) groups is 1. The highest BCUT2D eigenvalue weighted by atomic mass is 32.2. The van der Waals surface area contributed by atoms with E-state index in [9.17, 15) is 13.2 Å². The van der Waals surface area contributed by atoms with Crippen LogP contribution in [0.15, 0.2) is 23.4 Å². The van der Waals surface area contributed by atoms with Gasteiger partial charge in [0, 0.05) is 23.8 Å². The first kappa shape index (κ1) is 12.2. The Balaban J connectivity index is 2.61. The van der Waals surface area contributed by atoms with Crippen molar-refractivity contribution in [2.75, 3.05) is 17.8 Å². The Morgan fingerprint density at radius 3 is 2.87 bits per heavy atom. The smallest absolute Gasteiger partial charge is 0.152 e. The quantitative estimate of drug-likeness (QED) is 0.572. The van der Waals surface area contributed by atoms with Gasteiger partial charge in [0.05, 0.1) is 5.75 Å². The normalized spacial score (nSPS) is 11.3. The van der Waals surface area contributed by atoms with Crippen LogP contribution in [-0.2, 0) is 9.84 Å². The Kier molecular flexibility index (Phi) is 4.28. The first-order chi connectivity index (χ1) is 7.03. The third-order valence-corrected chi connectivity index (χ3v) is 3.85. The van der Waals surface area contributed by atoms with Crippen molar-refractivity contribution >= 4 is 27.9 Å². The zero-order chi connectivity index (χ0) is 11.3. The number of carbonyl (C=O) groups is 1. The van der Waals surface area contributed by atoms with Crippen molar-refractivity contribution in [1.29, 1.82) is 0 Å². The van der Waals surface area contributed by atoms with Crippen molar-refractivity contribution in [2.45, 2.75) is 5.03 Å². The lowest BCUT2D eigenvalue weighted by atomic mass is 10.3. The molecule has 0 aliphatic rings. The van der Waals surface area contributed by atoms with E-state index in [2.05, 4.69) is 4.98 Å². The Bertz CT molecular complexity index is 442. The highest BCUT2D eigenvalue weighted by Crippen LogP contribution is 2.18. The van der Waals surface area contributed by atoms with Gasteiger partial charge >= 0.3 is 0 Å². The van der Waals surface area contributed by atoms with Crippen LogP contribution in [0.2, 0.25) is 0 Å². The Morgan fingerprint density at radius 2 is 2.27 bits per heavy atom. The second kappa shape index (κ2) is 5.27. The maximum absolute atomic E-state index is 10.9. The van der Waals surface area contributed by atoms with Gasteiger partial charge in [-0.25, -0.2) is 13.4 Å². The number of aromatic nitrogens is 1. The first-order valence-electron chi connectivity index (χ1n) is 4.23. The predicted molar refractivity (Wildman–Crippen MR) is 60.1 cm³/mol. The summed E-state index contributed by atoms with van der Waals surface area (Å²) in [6, 6.07) is 3.33. The largest absolute Gasteiger partial charge is 0.298 e. The summed E-state index contributed by atoms with van der Waals surface area (Å²) in [6.07, 6.45) is 3.48. The fraction of sp³-hybridized carbons (Fsp3) is 0.333. The molecule has 0 atom stereocenters. The van der Waals surface area contributed by atoms with Crippen LogP contribution >= 0.6 is 11.8 Å². The van der Waals surface area contributed by atoms with Crippen molar-refractivity contribution in [3.8, 4) is 0 Å². The maximum Gasteiger partial charge on any atom is 0.152 e. The molecular formula is C9H11NO3S2. The standard InChI is InChI=1S/C9H11NO3S2/c1-15(12,13)6-5-14-9-8(7-11)3-2-4-10-9/h2-4,7H,5-6H2,1H3. The fourth-order valence-electron chi connectivity index (χ4n) is 0.903. The molecule has 0 aromatic carbocycles. The van der Waals surface area contributed by atoms with Crippen molar-refractivity contribution in [3.63, 3.8) is 0 Å². The molecule has 0 radical (unpaired) electrons. The molecule has 0 spiro atoms. The van der Waals surface area contributed by atoms with E-state index < -0.39 is 9.84 Å². The van der Waals surface area contributed by atoms with E-state index in [4.69, 9.17) is 0 Å². The van der Waals surface area contributed by atoms with Gasteiger partial charge in [-0.1, -0.05) is 0 Å². The average molecular weight is 245 g/mol. The molecule has 1 rings (SSSR count). The third kappa shape index (κ3) is 4.44. The Hall–Kier alpha value is -0.880. The monoisotopic (exact) mass is 245 g/mol. The lowest BCUT2D eigenvalue weighted by Crippen LogP contribution is -2.05. The zero-order valence-corrected chi connectivity index (χ0v) is 9.85. The molecule has 0 amide bonds. The van der Waals surface area contributed by atoms with E-state index in [1.807, 2.05) is 0 Å². The topological polar surface area (TPSA) is 64.1 Å². The number of hydrogen-bond donors (Lipinski definition) is 0. The number of nitrogens with zero attached hydrogens (tertiary/aromatic N) is 1. The van der Waals surface area contributed by atoms with E-state index >= 15 is 0 Å². The number of sulfone groups is 1. The summed E-state index contributed by atoms with van der Waals surface area (Å²) < 4.78 is 21.7. The van der Waals surface area contributed by atoms with Gasteiger partial charge in [0.2, 0.25) is 0 Å².